The highest BCUT2D eigenvalue weighted by Gasteiger charge is 2.10. The Hall–Kier alpha value is -0.870. The number of hydrogen-bond acceptors (Lipinski definition) is 4. The highest BCUT2D eigenvalue weighted by Crippen LogP contribution is 2.28. The number of halogens is 1. The fourth-order valence-corrected chi connectivity index (χ4v) is 2.12. The molecule has 0 amide bonds. The summed E-state index contributed by atoms with van der Waals surface area (Å²) in [5.74, 6) is 1.35. The molecular weight excluding hydrogens is 303 g/mol. The zero-order valence-electron chi connectivity index (χ0n) is 11.4. The highest BCUT2D eigenvalue weighted by molar-refractivity contribution is 7.32. The van der Waals surface area contributed by atoms with Crippen LogP contribution in [0.15, 0.2) is 18.2 Å². The van der Waals surface area contributed by atoms with Crippen LogP contribution in [0.1, 0.15) is 25.7 Å². The predicted molar refractivity (Wildman–Crippen MR) is 77.7 cm³/mol. The molecule has 1 aromatic rings. The van der Waals surface area contributed by atoms with Gasteiger partial charge in [0, 0.05) is 10.6 Å². The van der Waals surface area contributed by atoms with Gasteiger partial charge in [-0.1, -0.05) is 18.0 Å². The third kappa shape index (κ3) is 7.06. The predicted octanol–water partition coefficient (Wildman–Crippen LogP) is 3.95. The van der Waals surface area contributed by atoms with E-state index in [1.165, 1.54) is 0 Å². The van der Waals surface area contributed by atoms with E-state index in [9.17, 15) is 4.57 Å². The van der Waals surface area contributed by atoms with Crippen molar-refractivity contribution in [2.45, 2.75) is 25.7 Å². The summed E-state index contributed by atoms with van der Waals surface area (Å²) in [5, 5.41) is 0.532. The number of unbranched alkanes of at least 4 members (excludes halogenated alkanes) is 3. The minimum Gasteiger partial charge on any atom is -0.497 e. The molecule has 0 aliphatic rings. The highest BCUT2D eigenvalue weighted by atomic mass is 35.5. The van der Waals surface area contributed by atoms with E-state index in [0.717, 1.165) is 25.7 Å². The lowest BCUT2D eigenvalue weighted by Crippen LogP contribution is -1.98. The molecule has 0 saturated carbocycles. The largest absolute Gasteiger partial charge is 0.694 e. The maximum absolute atomic E-state index is 10.3. The van der Waals surface area contributed by atoms with Crippen LogP contribution in [-0.2, 0) is 9.09 Å². The van der Waals surface area contributed by atoms with Crippen LogP contribution in [0, 0.1) is 0 Å². The van der Waals surface area contributed by atoms with Gasteiger partial charge in [-0.25, -0.2) is 0 Å². The van der Waals surface area contributed by atoms with Gasteiger partial charge in [0.25, 0.3) is 0 Å². The van der Waals surface area contributed by atoms with Crippen LogP contribution in [0.2, 0.25) is 5.02 Å². The smallest absolute Gasteiger partial charge is 0.497 e. The second kappa shape index (κ2) is 9.94. The van der Waals surface area contributed by atoms with Crippen molar-refractivity contribution in [3.8, 4) is 11.5 Å². The minimum absolute atomic E-state index is 0.316. The van der Waals surface area contributed by atoms with E-state index in [0.29, 0.717) is 29.7 Å². The maximum atomic E-state index is 10.3. The Labute approximate surface area is 124 Å². The van der Waals surface area contributed by atoms with Crippen molar-refractivity contribution < 1.29 is 23.5 Å². The molecule has 1 atom stereocenters. The first-order chi connectivity index (χ1) is 9.63. The first kappa shape index (κ1) is 17.2. The van der Waals surface area contributed by atoms with Crippen LogP contribution in [0.4, 0.5) is 0 Å². The van der Waals surface area contributed by atoms with E-state index >= 15 is 0 Å². The fraction of sp³-hybridized carbons (Fsp3) is 0.538. The molecule has 5 nitrogen and oxygen atoms in total. The van der Waals surface area contributed by atoms with Gasteiger partial charge in [0.1, 0.15) is 18.1 Å². The summed E-state index contributed by atoms with van der Waals surface area (Å²) in [6, 6.07) is 5.30. The van der Waals surface area contributed by atoms with Crippen LogP contribution < -0.4 is 9.47 Å². The van der Waals surface area contributed by atoms with Crippen molar-refractivity contribution in [1.29, 1.82) is 0 Å². The molecule has 0 heterocycles. The average molecular weight is 322 g/mol. The van der Waals surface area contributed by atoms with Crippen LogP contribution in [0.25, 0.3) is 0 Å². The molecule has 1 rings (SSSR count). The molecular formula is C13H19ClO5P+. The summed E-state index contributed by atoms with van der Waals surface area (Å²) in [6.45, 7) is 0.901. The molecule has 1 N–H and O–H groups in total. The molecule has 20 heavy (non-hydrogen) atoms. The van der Waals surface area contributed by atoms with Gasteiger partial charge in [-0.15, -0.1) is 9.42 Å². The van der Waals surface area contributed by atoms with E-state index in [-0.39, 0.29) is 0 Å². The third-order valence-corrected chi connectivity index (χ3v) is 3.34. The molecule has 1 unspecified atom stereocenters. The normalized spacial score (nSPS) is 11.2. The second-order valence-corrected chi connectivity index (χ2v) is 5.27. The van der Waals surface area contributed by atoms with Gasteiger partial charge in [-0.05, 0) is 31.4 Å². The van der Waals surface area contributed by atoms with Gasteiger partial charge in [-0.2, -0.15) is 0 Å². The first-order valence-corrected chi connectivity index (χ1v) is 7.89. The van der Waals surface area contributed by atoms with Gasteiger partial charge in [-0.3, -0.25) is 0 Å². The molecule has 0 aromatic heterocycles. The Balaban J connectivity index is 2.11. The third-order valence-electron chi connectivity index (χ3n) is 2.64. The van der Waals surface area contributed by atoms with Crippen molar-refractivity contribution in [1.82, 2.24) is 0 Å². The van der Waals surface area contributed by atoms with Crippen molar-refractivity contribution in [2.24, 2.45) is 0 Å². The summed E-state index contributed by atoms with van der Waals surface area (Å²) in [7, 11) is -0.880. The molecule has 0 aliphatic heterocycles. The Morgan fingerprint density at radius 1 is 1.20 bits per heavy atom. The first-order valence-electron chi connectivity index (χ1n) is 6.39. The Kier molecular flexibility index (Phi) is 8.54. The maximum Gasteiger partial charge on any atom is 0.694 e. The summed E-state index contributed by atoms with van der Waals surface area (Å²) in [6.07, 6.45) is 3.57. The lowest BCUT2D eigenvalue weighted by molar-refractivity contribution is 0.268. The van der Waals surface area contributed by atoms with E-state index < -0.39 is 8.25 Å². The SMILES string of the molecule is COc1ccc(OCCCCCCO[P+](=O)O)c(Cl)c1. The number of methoxy groups -OCH3 is 1. The monoisotopic (exact) mass is 321 g/mol. The molecule has 0 spiro atoms. The lowest BCUT2D eigenvalue weighted by Gasteiger charge is -2.09. The zero-order chi connectivity index (χ0) is 14.8. The fourth-order valence-electron chi connectivity index (χ4n) is 1.61. The summed E-state index contributed by atoms with van der Waals surface area (Å²) < 4.78 is 25.4. The Morgan fingerprint density at radius 2 is 1.90 bits per heavy atom. The molecule has 0 saturated heterocycles. The number of ether oxygens (including phenoxy) is 2. The summed E-state index contributed by atoms with van der Waals surface area (Å²) in [4.78, 5) is 8.43. The topological polar surface area (TPSA) is 65.0 Å². The van der Waals surface area contributed by atoms with Crippen molar-refractivity contribution in [3.63, 3.8) is 0 Å². The summed E-state index contributed by atoms with van der Waals surface area (Å²) in [5.41, 5.74) is 0. The van der Waals surface area contributed by atoms with Gasteiger partial charge in [0.05, 0.1) is 18.7 Å². The van der Waals surface area contributed by atoms with Crippen LogP contribution in [0.5, 0.6) is 11.5 Å². The van der Waals surface area contributed by atoms with E-state index in [2.05, 4.69) is 4.52 Å². The van der Waals surface area contributed by atoms with Crippen LogP contribution in [0.3, 0.4) is 0 Å². The van der Waals surface area contributed by atoms with E-state index in [4.69, 9.17) is 26.0 Å². The molecule has 112 valence electrons. The number of rotatable bonds is 10. The molecule has 7 heteroatoms. The second-order valence-electron chi connectivity index (χ2n) is 4.13. The summed E-state index contributed by atoms with van der Waals surface area (Å²) >= 11 is 6.05. The van der Waals surface area contributed by atoms with E-state index in [1.807, 2.05) is 0 Å². The van der Waals surface area contributed by atoms with Gasteiger partial charge in [0.15, 0.2) is 0 Å². The van der Waals surface area contributed by atoms with Gasteiger partial charge >= 0.3 is 8.25 Å². The molecule has 0 bridgehead atoms. The zero-order valence-corrected chi connectivity index (χ0v) is 13.0. The molecule has 0 aliphatic carbocycles. The molecule has 1 aromatic carbocycles. The van der Waals surface area contributed by atoms with Gasteiger partial charge in [0.2, 0.25) is 0 Å². The minimum atomic E-state index is -2.47. The molecule has 0 radical (unpaired) electrons. The average Bonchev–Trinajstić information content (AvgIpc) is 2.42. The Bertz CT molecular complexity index is 427. The lowest BCUT2D eigenvalue weighted by atomic mass is 10.2. The van der Waals surface area contributed by atoms with Crippen LogP contribution >= 0.6 is 19.9 Å². The van der Waals surface area contributed by atoms with Gasteiger partial charge < -0.3 is 9.47 Å². The van der Waals surface area contributed by atoms with Crippen LogP contribution in [-0.4, -0.2) is 25.2 Å². The standard InChI is InChI=1S/C13H18ClO5P/c1-17-11-6-7-13(12(14)10-11)18-8-4-2-3-5-9-19-20(15)16/h6-7,10H,2-5,8-9H2,1H3/p+1. The number of benzene rings is 1. The Morgan fingerprint density at radius 3 is 2.50 bits per heavy atom. The van der Waals surface area contributed by atoms with Crippen molar-refractivity contribution >= 4 is 19.9 Å². The molecule has 0 fully saturated rings. The number of hydrogen-bond donors (Lipinski definition) is 1. The van der Waals surface area contributed by atoms with Crippen molar-refractivity contribution in [2.75, 3.05) is 20.3 Å². The van der Waals surface area contributed by atoms with E-state index in [1.54, 1.807) is 25.3 Å². The quantitative estimate of drug-likeness (QED) is 0.522. The van der Waals surface area contributed by atoms with Crippen molar-refractivity contribution in [3.05, 3.63) is 23.2 Å².